The fourth-order valence-corrected chi connectivity index (χ4v) is 8.77. The van der Waals surface area contributed by atoms with Crippen LogP contribution >= 0.6 is 27.5 Å². The van der Waals surface area contributed by atoms with Crippen molar-refractivity contribution in [3.05, 3.63) is 69.9 Å². The van der Waals surface area contributed by atoms with Gasteiger partial charge in [0.1, 0.15) is 23.0 Å². The van der Waals surface area contributed by atoms with Crippen molar-refractivity contribution < 1.29 is 39.8 Å². The van der Waals surface area contributed by atoms with Gasteiger partial charge in [0.05, 0.1) is 67.4 Å². The number of nitrogens with one attached hydrogen (secondary N) is 2. The molecule has 0 bridgehead atoms. The summed E-state index contributed by atoms with van der Waals surface area (Å²) in [6, 6.07) is 8.30. The van der Waals surface area contributed by atoms with Crippen molar-refractivity contribution in [3.8, 4) is 34.3 Å². The van der Waals surface area contributed by atoms with E-state index in [0.29, 0.717) is 87.0 Å². The van der Waals surface area contributed by atoms with Gasteiger partial charge in [-0.3, -0.25) is 9.44 Å². The van der Waals surface area contributed by atoms with E-state index in [9.17, 15) is 25.6 Å². The Morgan fingerprint density at radius 1 is 0.677 bits per heavy atom. The maximum Gasteiger partial charge on any atom is 0.238 e. The Balaban J connectivity index is 0.000000186. The zero-order chi connectivity index (χ0) is 44.3. The number of sulfonamides is 2. The molecule has 0 spiro atoms. The summed E-state index contributed by atoms with van der Waals surface area (Å²) in [4.78, 5) is 31.1. The van der Waals surface area contributed by atoms with Crippen molar-refractivity contribution in [1.29, 1.82) is 0 Å². The van der Waals surface area contributed by atoms with Crippen LogP contribution in [0.5, 0.6) is 11.8 Å². The lowest BCUT2D eigenvalue weighted by molar-refractivity contribution is 0.122. The molecule has 6 heterocycles. The van der Waals surface area contributed by atoms with E-state index in [4.69, 9.17) is 30.8 Å². The van der Waals surface area contributed by atoms with E-state index in [-0.39, 0.29) is 28.2 Å². The Kier molecular flexibility index (Phi) is 13.4. The summed E-state index contributed by atoms with van der Waals surface area (Å²) in [6.07, 6.45) is 8.31. The predicted octanol–water partition coefficient (Wildman–Crippen LogP) is 6.66. The number of piperidine rings is 1. The van der Waals surface area contributed by atoms with Crippen molar-refractivity contribution in [3.63, 3.8) is 0 Å². The molecule has 2 aliphatic rings. The lowest BCUT2D eigenvalue weighted by Crippen LogP contribution is -2.37. The molecule has 8 rings (SSSR count). The standard InChI is InChI=1S/C20H21BrFN5O3S.C19H19ClFN5O4S/c1-30-19-16(26-31(2,28)29)8-12(11-23-19)17-14-9-13(22)10-15(21)18(14)25-20(24-17)27-6-4-3-5-7-27;1-29-18-15(25-31(2,27)28)7-11(10-22-18)16-13-8-12(21)9-14(20)17(13)24-19(23-16)26-3-5-30-6-4-26/h8-11,26H,3-7H2,1-2H3;7-10,25H,3-6H2,1-2H3. The van der Waals surface area contributed by atoms with Crippen LogP contribution in [-0.4, -0.2) is 113 Å². The van der Waals surface area contributed by atoms with Crippen LogP contribution in [0, 0.1) is 11.6 Å². The van der Waals surface area contributed by atoms with E-state index in [1.54, 1.807) is 6.07 Å². The van der Waals surface area contributed by atoms with Gasteiger partial charge in [0, 0.05) is 64.9 Å². The third-order valence-corrected chi connectivity index (χ3v) is 11.6. The molecule has 2 aromatic carbocycles. The summed E-state index contributed by atoms with van der Waals surface area (Å²) < 4.78 is 96.6. The molecular formula is C39H40BrClF2N10O7S2. The van der Waals surface area contributed by atoms with Crippen LogP contribution in [0.1, 0.15) is 19.3 Å². The third kappa shape index (κ3) is 10.5. The van der Waals surface area contributed by atoms with Crippen molar-refractivity contribution >= 4 is 92.7 Å². The number of morpholine rings is 1. The highest BCUT2D eigenvalue weighted by Crippen LogP contribution is 2.38. The van der Waals surface area contributed by atoms with E-state index in [1.807, 2.05) is 4.90 Å². The van der Waals surface area contributed by atoms with Gasteiger partial charge in [-0.1, -0.05) is 11.6 Å². The van der Waals surface area contributed by atoms with Gasteiger partial charge in [-0.2, -0.15) is 0 Å². The molecule has 328 valence electrons. The maximum atomic E-state index is 14.2. The quantitative estimate of drug-likeness (QED) is 0.147. The first kappa shape index (κ1) is 44.8. The monoisotopic (exact) mass is 976 g/mol. The minimum atomic E-state index is -3.60. The molecule has 2 fully saturated rings. The number of halogens is 4. The average molecular weight is 978 g/mol. The number of ether oxygens (including phenoxy) is 3. The molecule has 23 heteroatoms. The van der Waals surface area contributed by atoms with Crippen LogP contribution < -0.4 is 28.7 Å². The van der Waals surface area contributed by atoms with E-state index in [1.165, 1.54) is 56.9 Å². The molecule has 0 unspecified atom stereocenters. The molecule has 0 aliphatic carbocycles. The molecule has 0 amide bonds. The second-order valence-corrected chi connectivity index (χ2v) is 19.0. The van der Waals surface area contributed by atoms with Gasteiger partial charge < -0.3 is 24.0 Å². The second-order valence-electron chi connectivity index (χ2n) is 14.3. The van der Waals surface area contributed by atoms with Gasteiger partial charge in [0.25, 0.3) is 0 Å². The molecule has 2 aliphatic heterocycles. The zero-order valence-electron chi connectivity index (χ0n) is 33.7. The van der Waals surface area contributed by atoms with Crippen LogP contribution in [-0.2, 0) is 24.8 Å². The molecule has 17 nitrogen and oxygen atoms in total. The average Bonchev–Trinajstić information content (AvgIpc) is 3.23. The fraction of sp³-hybridized carbons (Fsp3) is 0.333. The number of hydrogen-bond acceptors (Lipinski definition) is 15. The second kappa shape index (κ2) is 18.6. The molecule has 0 radical (unpaired) electrons. The molecular weight excluding hydrogens is 938 g/mol. The number of fused-ring (bicyclic) bond motifs is 2. The van der Waals surface area contributed by atoms with Gasteiger partial charge in [0.2, 0.25) is 43.7 Å². The third-order valence-electron chi connectivity index (χ3n) is 9.57. The van der Waals surface area contributed by atoms with Crippen LogP contribution in [0.15, 0.2) is 53.3 Å². The number of hydrogen-bond donors (Lipinski definition) is 2. The van der Waals surface area contributed by atoms with Gasteiger partial charge in [-0.15, -0.1) is 0 Å². The van der Waals surface area contributed by atoms with Crippen LogP contribution in [0.3, 0.4) is 0 Å². The number of methoxy groups -OCH3 is 2. The highest BCUT2D eigenvalue weighted by molar-refractivity contribution is 9.10. The lowest BCUT2D eigenvalue weighted by Gasteiger charge is -2.27. The molecule has 62 heavy (non-hydrogen) atoms. The molecule has 0 saturated carbocycles. The van der Waals surface area contributed by atoms with Gasteiger partial charge in [-0.25, -0.2) is 55.5 Å². The van der Waals surface area contributed by atoms with E-state index >= 15 is 0 Å². The number of benzene rings is 2. The van der Waals surface area contributed by atoms with Crippen molar-refractivity contribution in [2.45, 2.75) is 19.3 Å². The van der Waals surface area contributed by atoms with Crippen molar-refractivity contribution in [2.75, 3.05) is 85.4 Å². The Morgan fingerprint density at radius 3 is 1.65 bits per heavy atom. The highest BCUT2D eigenvalue weighted by atomic mass is 79.9. The number of pyridine rings is 2. The minimum Gasteiger partial charge on any atom is -0.480 e. The number of nitrogens with zero attached hydrogens (tertiary/aromatic N) is 8. The number of anilines is 4. The van der Waals surface area contributed by atoms with Crippen LogP contribution in [0.4, 0.5) is 32.1 Å². The zero-order valence-corrected chi connectivity index (χ0v) is 37.7. The Hall–Kier alpha value is -5.29. The maximum absolute atomic E-state index is 14.2. The summed E-state index contributed by atoms with van der Waals surface area (Å²) in [5, 5.41) is 1.01. The molecule has 2 saturated heterocycles. The topological polar surface area (TPSA) is 204 Å². The SMILES string of the molecule is COc1ncc(-c2nc(N3CCCCC3)nc3c(Br)cc(F)cc23)cc1NS(C)(=O)=O.COc1ncc(-c2nc(N3CCOCC3)nc3c(Cl)cc(F)cc23)cc1NS(C)(=O)=O. The van der Waals surface area contributed by atoms with Crippen molar-refractivity contribution in [2.24, 2.45) is 0 Å². The molecule has 4 aromatic heterocycles. The predicted molar refractivity (Wildman–Crippen MR) is 237 cm³/mol. The summed E-state index contributed by atoms with van der Waals surface area (Å²) in [5.74, 6) is 0.181. The van der Waals surface area contributed by atoms with E-state index in [2.05, 4.69) is 55.2 Å². The molecule has 0 atom stereocenters. The summed E-state index contributed by atoms with van der Waals surface area (Å²) in [6.45, 7) is 3.91. The van der Waals surface area contributed by atoms with Gasteiger partial charge in [-0.05, 0) is 71.6 Å². The Bertz CT molecular complexity index is 2700. The highest BCUT2D eigenvalue weighted by Gasteiger charge is 2.23. The van der Waals surface area contributed by atoms with Crippen molar-refractivity contribution in [1.82, 2.24) is 29.9 Å². The minimum absolute atomic E-state index is 0.0881. The number of rotatable bonds is 10. The lowest BCUT2D eigenvalue weighted by atomic mass is 10.1. The van der Waals surface area contributed by atoms with Gasteiger partial charge >= 0.3 is 0 Å². The van der Waals surface area contributed by atoms with E-state index < -0.39 is 31.7 Å². The fourth-order valence-electron chi connectivity index (χ4n) is 6.91. The smallest absolute Gasteiger partial charge is 0.238 e. The van der Waals surface area contributed by atoms with Crippen LogP contribution in [0.2, 0.25) is 5.02 Å². The van der Waals surface area contributed by atoms with Gasteiger partial charge in [0.15, 0.2) is 0 Å². The summed E-state index contributed by atoms with van der Waals surface area (Å²) >= 11 is 9.71. The Morgan fingerprint density at radius 2 is 1.15 bits per heavy atom. The first-order chi connectivity index (χ1) is 29.5. The largest absolute Gasteiger partial charge is 0.480 e. The first-order valence-corrected chi connectivity index (χ1v) is 23.9. The van der Waals surface area contributed by atoms with Crippen LogP contribution in [0.25, 0.3) is 44.3 Å². The van der Waals surface area contributed by atoms with E-state index in [0.717, 1.165) is 44.9 Å². The molecule has 6 aromatic rings. The molecule has 2 N–H and O–H groups in total. The number of aromatic nitrogens is 6. The Labute approximate surface area is 369 Å². The summed E-state index contributed by atoms with van der Waals surface area (Å²) in [5.41, 5.74) is 3.01. The first-order valence-electron chi connectivity index (χ1n) is 19.0. The summed E-state index contributed by atoms with van der Waals surface area (Å²) in [7, 11) is -4.39. The normalized spacial score (nSPS) is 14.6.